The molecular formula is C31H30F2N6O5. The summed E-state index contributed by atoms with van der Waals surface area (Å²) in [4.78, 5) is 44.0. The quantitative estimate of drug-likeness (QED) is 0.197. The van der Waals surface area contributed by atoms with Crippen LogP contribution in [0, 0.1) is 11.6 Å². The van der Waals surface area contributed by atoms with Crippen LogP contribution in [-0.4, -0.2) is 47.4 Å². The Labute approximate surface area is 249 Å². The van der Waals surface area contributed by atoms with Crippen molar-refractivity contribution in [1.29, 1.82) is 0 Å². The van der Waals surface area contributed by atoms with Gasteiger partial charge in [0.15, 0.2) is 28.8 Å². The number of nitrogens with one attached hydrogen (secondary N) is 2. The molecule has 2 atom stereocenters. The highest BCUT2D eigenvalue weighted by Gasteiger charge is 2.22. The minimum atomic E-state index is -0.861. The summed E-state index contributed by atoms with van der Waals surface area (Å²) in [6.07, 6.45) is 1.67. The fourth-order valence-corrected chi connectivity index (χ4v) is 4.54. The number of Topliss-reactive ketones (excluding diaryl/α,β-unsaturated/α-hetero) is 1. The number of hydrogen-bond acceptors (Lipinski definition) is 8. The molecule has 11 nitrogen and oxygen atoms in total. The van der Waals surface area contributed by atoms with E-state index in [9.17, 15) is 23.9 Å². The van der Waals surface area contributed by atoms with Crippen molar-refractivity contribution < 1.29 is 23.4 Å². The van der Waals surface area contributed by atoms with Crippen LogP contribution in [0.5, 0.6) is 11.5 Å². The number of carbonyl (C=O) groups is 1. The molecule has 3 heterocycles. The Morgan fingerprint density at radius 2 is 1.77 bits per heavy atom. The number of anilines is 1. The summed E-state index contributed by atoms with van der Waals surface area (Å²) < 4.78 is 36.7. The molecule has 3 N–H and O–H groups in total. The van der Waals surface area contributed by atoms with Crippen molar-refractivity contribution in [3.8, 4) is 17.2 Å². The molecule has 0 saturated heterocycles. The average Bonchev–Trinajstić information content (AvgIpc) is 3.38. The van der Waals surface area contributed by atoms with Crippen LogP contribution < -0.4 is 21.3 Å². The Bertz CT molecular complexity index is 1960. The number of nitrogens with zero attached hydrogens (tertiary/aromatic N) is 4. The zero-order valence-corrected chi connectivity index (χ0v) is 24.3. The number of ketones is 1. The summed E-state index contributed by atoms with van der Waals surface area (Å²) in [5.41, 5.74) is -1.04. The van der Waals surface area contributed by atoms with Gasteiger partial charge in [0.25, 0.3) is 5.56 Å². The highest BCUT2D eigenvalue weighted by atomic mass is 19.1. The van der Waals surface area contributed by atoms with E-state index in [-0.39, 0.29) is 40.8 Å². The van der Waals surface area contributed by atoms with Crippen molar-refractivity contribution in [1.82, 2.24) is 24.3 Å². The maximum atomic E-state index is 15.3. The SMILES string of the molecule is CC(C)n1cc(C(=O)Cc2ccc(Oc3ccnc4[nH]nc(N[C@H](C)[C@H](C)O)c34)c(F)c2)c(=O)n(-c2ccc(F)cc2)c1=O. The van der Waals surface area contributed by atoms with E-state index < -0.39 is 40.8 Å². The lowest BCUT2D eigenvalue weighted by Crippen LogP contribution is -2.42. The second-order valence-electron chi connectivity index (χ2n) is 10.7. The van der Waals surface area contributed by atoms with E-state index in [1.165, 1.54) is 41.2 Å². The van der Waals surface area contributed by atoms with Gasteiger partial charge in [-0.15, -0.1) is 0 Å². The first-order valence-corrected chi connectivity index (χ1v) is 13.9. The van der Waals surface area contributed by atoms with Gasteiger partial charge in [-0.3, -0.25) is 19.3 Å². The molecule has 0 saturated carbocycles. The number of aliphatic hydroxyl groups excluding tert-OH is 1. The van der Waals surface area contributed by atoms with E-state index in [2.05, 4.69) is 20.5 Å². The Hall–Kier alpha value is -5.17. The molecule has 0 radical (unpaired) electrons. The zero-order valence-electron chi connectivity index (χ0n) is 24.3. The van der Waals surface area contributed by atoms with Gasteiger partial charge in [0, 0.05) is 30.9 Å². The van der Waals surface area contributed by atoms with Gasteiger partial charge < -0.3 is 15.2 Å². The van der Waals surface area contributed by atoms with Crippen molar-refractivity contribution in [2.45, 2.75) is 52.3 Å². The standard InChI is InChI=1S/C31H30F2N6O5/c1-16(2)38-15-22(30(42)39(31(38)43)21-8-6-20(32)7-9-21)24(41)14-19-5-10-25(23(33)13-19)44-26-11-12-34-28-27(26)29(37-36-28)35-17(3)18(4)40/h5-13,15-18,40H,14H2,1-4H3,(H2,34,35,36,37)/t17-,18+/m1/s1. The second kappa shape index (κ2) is 12.2. The van der Waals surface area contributed by atoms with E-state index in [1.54, 1.807) is 33.8 Å². The minimum absolute atomic E-state index is 0.111. The first kappa shape index (κ1) is 30.3. The van der Waals surface area contributed by atoms with Crippen LogP contribution in [0.15, 0.2) is 70.5 Å². The van der Waals surface area contributed by atoms with Gasteiger partial charge in [0.05, 0.1) is 17.8 Å². The Balaban J connectivity index is 1.43. The molecule has 13 heteroatoms. The summed E-state index contributed by atoms with van der Waals surface area (Å²) in [6.45, 7) is 6.84. The van der Waals surface area contributed by atoms with E-state index in [4.69, 9.17) is 4.74 Å². The number of halogens is 2. The van der Waals surface area contributed by atoms with Crippen LogP contribution in [0.25, 0.3) is 16.7 Å². The van der Waals surface area contributed by atoms with Crippen LogP contribution in [0.1, 0.15) is 49.7 Å². The fourth-order valence-electron chi connectivity index (χ4n) is 4.54. The number of carbonyl (C=O) groups excluding carboxylic acids is 1. The maximum Gasteiger partial charge on any atom is 0.335 e. The molecule has 0 spiro atoms. The molecule has 44 heavy (non-hydrogen) atoms. The number of aromatic amines is 1. The molecule has 228 valence electrons. The van der Waals surface area contributed by atoms with Gasteiger partial charge in [0.2, 0.25) is 0 Å². The van der Waals surface area contributed by atoms with Gasteiger partial charge in [-0.05, 0) is 69.7 Å². The predicted octanol–water partition coefficient (Wildman–Crippen LogP) is 4.53. The maximum absolute atomic E-state index is 15.3. The monoisotopic (exact) mass is 604 g/mol. The number of ether oxygens (including phenoxy) is 1. The van der Waals surface area contributed by atoms with Crippen LogP contribution in [0.4, 0.5) is 14.6 Å². The first-order valence-electron chi connectivity index (χ1n) is 13.9. The largest absolute Gasteiger partial charge is 0.453 e. The fraction of sp³-hybridized carbons (Fsp3) is 0.258. The number of pyridine rings is 1. The molecule has 0 aliphatic rings. The topological polar surface area (TPSA) is 144 Å². The Morgan fingerprint density at radius 1 is 1.05 bits per heavy atom. The summed E-state index contributed by atoms with van der Waals surface area (Å²) in [7, 11) is 0. The van der Waals surface area contributed by atoms with Crippen molar-refractivity contribution in [2.75, 3.05) is 5.32 Å². The lowest BCUT2D eigenvalue weighted by molar-refractivity contribution is 0.0990. The molecule has 0 amide bonds. The third-order valence-electron chi connectivity index (χ3n) is 7.15. The van der Waals surface area contributed by atoms with Crippen molar-refractivity contribution in [2.24, 2.45) is 0 Å². The van der Waals surface area contributed by atoms with Crippen LogP contribution in [0.3, 0.4) is 0 Å². The summed E-state index contributed by atoms with van der Waals surface area (Å²) in [6, 6.07) is 9.57. The van der Waals surface area contributed by atoms with Crippen LogP contribution in [0.2, 0.25) is 0 Å². The molecule has 0 bridgehead atoms. The van der Waals surface area contributed by atoms with Gasteiger partial charge in [-0.1, -0.05) is 6.07 Å². The number of hydrogen-bond donors (Lipinski definition) is 3. The van der Waals surface area contributed by atoms with Gasteiger partial charge >= 0.3 is 5.69 Å². The van der Waals surface area contributed by atoms with Gasteiger partial charge in [0.1, 0.15) is 22.5 Å². The number of rotatable bonds is 10. The minimum Gasteiger partial charge on any atom is -0.453 e. The highest BCUT2D eigenvalue weighted by molar-refractivity contribution is 5.97. The van der Waals surface area contributed by atoms with Crippen LogP contribution >= 0.6 is 0 Å². The molecule has 0 aliphatic heterocycles. The second-order valence-corrected chi connectivity index (χ2v) is 10.7. The molecule has 3 aromatic heterocycles. The summed E-state index contributed by atoms with van der Waals surface area (Å²) in [5, 5.41) is 20.4. The Kier molecular flexibility index (Phi) is 8.41. The Morgan fingerprint density at radius 3 is 2.43 bits per heavy atom. The molecule has 5 rings (SSSR count). The zero-order chi connectivity index (χ0) is 31.7. The van der Waals surface area contributed by atoms with Crippen molar-refractivity contribution >= 4 is 22.6 Å². The number of H-pyrrole nitrogens is 1. The van der Waals surface area contributed by atoms with Crippen molar-refractivity contribution in [3.63, 3.8) is 0 Å². The lowest BCUT2D eigenvalue weighted by Gasteiger charge is -2.17. The lowest BCUT2D eigenvalue weighted by atomic mass is 10.0. The third-order valence-corrected chi connectivity index (χ3v) is 7.15. The van der Waals surface area contributed by atoms with E-state index >= 15 is 4.39 Å². The summed E-state index contributed by atoms with van der Waals surface area (Å²) in [5.74, 6) is -1.44. The highest BCUT2D eigenvalue weighted by Crippen LogP contribution is 2.34. The third kappa shape index (κ3) is 5.99. The molecule has 0 fully saturated rings. The predicted molar refractivity (Wildman–Crippen MR) is 160 cm³/mol. The molecule has 5 aromatic rings. The first-order chi connectivity index (χ1) is 20.9. The number of aliphatic hydroxyl groups is 1. The van der Waals surface area contributed by atoms with E-state index in [1.807, 2.05) is 0 Å². The smallest absolute Gasteiger partial charge is 0.335 e. The number of aromatic nitrogens is 5. The van der Waals surface area contributed by atoms with Gasteiger partial charge in [-0.25, -0.2) is 23.1 Å². The summed E-state index contributed by atoms with van der Waals surface area (Å²) >= 11 is 0. The normalized spacial score (nSPS) is 12.8. The molecular weight excluding hydrogens is 574 g/mol. The van der Waals surface area contributed by atoms with Crippen LogP contribution in [-0.2, 0) is 6.42 Å². The van der Waals surface area contributed by atoms with Gasteiger partial charge in [-0.2, -0.15) is 5.10 Å². The number of fused-ring (bicyclic) bond motifs is 1. The molecule has 0 aliphatic carbocycles. The van der Waals surface area contributed by atoms with Crippen molar-refractivity contribution in [3.05, 3.63) is 105 Å². The molecule has 2 aromatic carbocycles. The van der Waals surface area contributed by atoms with E-state index in [0.717, 1.165) is 22.8 Å². The van der Waals surface area contributed by atoms with E-state index in [0.29, 0.717) is 16.9 Å². The molecule has 0 unspecified atom stereocenters. The number of benzene rings is 2. The average molecular weight is 605 g/mol.